The largest absolute Gasteiger partial charge is 0.354 e. The van der Waals surface area contributed by atoms with Crippen LogP contribution in [-0.2, 0) is 0 Å². The Bertz CT molecular complexity index is 304. The summed E-state index contributed by atoms with van der Waals surface area (Å²) >= 11 is 3.39. The highest BCUT2D eigenvalue weighted by Gasteiger charge is 2.16. The second kappa shape index (κ2) is 5.68. The van der Waals surface area contributed by atoms with Gasteiger partial charge in [0.1, 0.15) is 5.82 Å². The minimum absolute atomic E-state index is 0. The van der Waals surface area contributed by atoms with Crippen molar-refractivity contribution in [2.75, 3.05) is 24.5 Å². The van der Waals surface area contributed by atoms with Crippen LogP contribution in [0.15, 0.2) is 22.8 Å². The van der Waals surface area contributed by atoms with Gasteiger partial charge in [0.25, 0.3) is 0 Å². The van der Waals surface area contributed by atoms with Gasteiger partial charge >= 0.3 is 0 Å². The number of aromatic nitrogens is 1. The van der Waals surface area contributed by atoms with E-state index >= 15 is 0 Å². The highest BCUT2D eigenvalue weighted by molar-refractivity contribution is 9.10. The van der Waals surface area contributed by atoms with Gasteiger partial charge in [-0.3, -0.25) is 0 Å². The SMILES string of the molecule is CC1CN(c2ccc(Br)cn2)CCN1.Cl. The van der Waals surface area contributed by atoms with E-state index in [-0.39, 0.29) is 12.4 Å². The predicted octanol–water partition coefficient (Wildman–Crippen LogP) is 2.06. The maximum Gasteiger partial charge on any atom is 0.128 e. The van der Waals surface area contributed by atoms with Crippen molar-refractivity contribution in [2.45, 2.75) is 13.0 Å². The molecule has 84 valence electrons. The summed E-state index contributed by atoms with van der Waals surface area (Å²) in [4.78, 5) is 6.70. The molecule has 2 rings (SSSR count). The van der Waals surface area contributed by atoms with Crippen LogP contribution in [0.5, 0.6) is 0 Å². The fraction of sp³-hybridized carbons (Fsp3) is 0.500. The van der Waals surface area contributed by atoms with E-state index in [0.29, 0.717) is 6.04 Å². The van der Waals surface area contributed by atoms with Gasteiger partial charge < -0.3 is 10.2 Å². The molecule has 1 saturated heterocycles. The van der Waals surface area contributed by atoms with Crippen molar-refractivity contribution in [3.05, 3.63) is 22.8 Å². The first-order chi connectivity index (χ1) is 6.75. The zero-order valence-electron chi connectivity index (χ0n) is 8.61. The summed E-state index contributed by atoms with van der Waals surface area (Å²) in [5, 5.41) is 3.41. The Hall–Kier alpha value is -0.320. The lowest BCUT2D eigenvalue weighted by molar-refractivity contribution is 0.482. The molecule has 1 fully saturated rings. The second-order valence-electron chi connectivity index (χ2n) is 3.64. The van der Waals surface area contributed by atoms with Gasteiger partial charge in [0.2, 0.25) is 0 Å². The molecule has 1 aliphatic heterocycles. The van der Waals surface area contributed by atoms with Crippen molar-refractivity contribution in [2.24, 2.45) is 0 Å². The molecule has 1 aromatic heterocycles. The monoisotopic (exact) mass is 291 g/mol. The van der Waals surface area contributed by atoms with Crippen LogP contribution in [0.4, 0.5) is 5.82 Å². The third kappa shape index (κ3) is 3.33. The first-order valence-electron chi connectivity index (χ1n) is 4.85. The topological polar surface area (TPSA) is 28.2 Å². The van der Waals surface area contributed by atoms with Crippen LogP contribution in [-0.4, -0.2) is 30.7 Å². The first-order valence-corrected chi connectivity index (χ1v) is 5.65. The van der Waals surface area contributed by atoms with Crippen LogP contribution in [0.25, 0.3) is 0 Å². The van der Waals surface area contributed by atoms with E-state index in [2.05, 4.69) is 44.1 Å². The fourth-order valence-corrected chi connectivity index (χ4v) is 1.93. The van der Waals surface area contributed by atoms with Crippen LogP contribution in [0.2, 0.25) is 0 Å². The van der Waals surface area contributed by atoms with E-state index in [1.165, 1.54) is 0 Å². The Morgan fingerprint density at radius 3 is 2.93 bits per heavy atom. The van der Waals surface area contributed by atoms with Crippen LogP contribution >= 0.6 is 28.3 Å². The molecule has 0 radical (unpaired) electrons. The molecule has 0 bridgehead atoms. The Labute approximate surface area is 105 Å². The van der Waals surface area contributed by atoms with Crippen molar-refractivity contribution in [1.82, 2.24) is 10.3 Å². The molecule has 1 N–H and O–H groups in total. The van der Waals surface area contributed by atoms with Gasteiger partial charge in [0.05, 0.1) is 0 Å². The number of piperazine rings is 1. The average Bonchev–Trinajstić information content (AvgIpc) is 2.19. The lowest BCUT2D eigenvalue weighted by Gasteiger charge is -2.32. The van der Waals surface area contributed by atoms with Gasteiger partial charge in [0.15, 0.2) is 0 Å². The summed E-state index contributed by atoms with van der Waals surface area (Å²) in [6.45, 7) is 5.32. The lowest BCUT2D eigenvalue weighted by atomic mass is 10.2. The number of pyridine rings is 1. The van der Waals surface area contributed by atoms with E-state index in [0.717, 1.165) is 29.9 Å². The molecule has 1 aliphatic rings. The molecule has 0 aliphatic carbocycles. The molecule has 5 heteroatoms. The van der Waals surface area contributed by atoms with Crippen molar-refractivity contribution in [3.8, 4) is 0 Å². The number of anilines is 1. The van der Waals surface area contributed by atoms with Crippen molar-refractivity contribution < 1.29 is 0 Å². The number of nitrogens with one attached hydrogen (secondary N) is 1. The Morgan fingerprint density at radius 1 is 1.53 bits per heavy atom. The predicted molar refractivity (Wildman–Crippen MR) is 68.9 cm³/mol. The first kappa shape index (κ1) is 12.7. The highest BCUT2D eigenvalue weighted by Crippen LogP contribution is 2.15. The summed E-state index contributed by atoms with van der Waals surface area (Å²) in [6, 6.07) is 4.64. The van der Waals surface area contributed by atoms with Crippen molar-refractivity contribution >= 4 is 34.2 Å². The third-order valence-electron chi connectivity index (χ3n) is 2.40. The summed E-state index contributed by atoms with van der Waals surface area (Å²) in [5.74, 6) is 1.07. The number of hydrogen-bond acceptors (Lipinski definition) is 3. The smallest absolute Gasteiger partial charge is 0.128 e. The molecular weight excluding hydrogens is 277 g/mol. The number of hydrogen-bond donors (Lipinski definition) is 1. The van der Waals surface area contributed by atoms with Crippen LogP contribution in [0.1, 0.15) is 6.92 Å². The Morgan fingerprint density at radius 2 is 2.33 bits per heavy atom. The van der Waals surface area contributed by atoms with E-state index < -0.39 is 0 Å². The van der Waals surface area contributed by atoms with Crippen LogP contribution in [0, 0.1) is 0 Å². The minimum atomic E-state index is 0. The molecule has 0 aromatic carbocycles. The fourth-order valence-electron chi connectivity index (χ4n) is 1.70. The van der Waals surface area contributed by atoms with Gasteiger partial charge in [-0.15, -0.1) is 12.4 Å². The minimum Gasteiger partial charge on any atom is -0.354 e. The molecular formula is C10H15BrClN3. The molecule has 0 spiro atoms. The molecule has 1 unspecified atom stereocenters. The highest BCUT2D eigenvalue weighted by atomic mass is 79.9. The van der Waals surface area contributed by atoms with E-state index in [4.69, 9.17) is 0 Å². The Kier molecular flexibility index (Phi) is 4.83. The van der Waals surface area contributed by atoms with Crippen LogP contribution in [0.3, 0.4) is 0 Å². The van der Waals surface area contributed by atoms with Crippen molar-refractivity contribution in [1.29, 1.82) is 0 Å². The van der Waals surface area contributed by atoms with Crippen LogP contribution < -0.4 is 10.2 Å². The van der Waals surface area contributed by atoms with E-state index in [9.17, 15) is 0 Å². The lowest BCUT2D eigenvalue weighted by Crippen LogP contribution is -2.49. The molecule has 0 saturated carbocycles. The maximum atomic E-state index is 4.39. The van der Waals surface area contributed by atoms with E-state index in [1.807, 2.05) is 12.3 Å². The third-order valence-corrected chi connectivity index (χ3v) is 2.87. The average molecular weight is 293 g/mol. The second-order valence-corrected chi connectivity index (χ2v) is 4.55. The standard InChI is InChI=1S/C10H14BrN3.ClH/c1-8-7-14(5-4-12-8)10-3-2-9(11)6-13-10;/h2-3,6,8,12H,4-5,7H2,1H3;1H. The molecule has 0 amide bonds. The maximum absolute atomic E-state index is 4.39. The summed E-state index contributed by atoms with van der Waals surface area (Å²) in [6.07, 6.45) is 1.85. The zero-order valence-corrected chi connectivity index (χ0v) is 11.0. The van der Waals surface area contributed by atoms with E-state index in [1.54, 1.807) is 0 Å². The normalized spacial score (nSPS) is 20.9. The number of nitrogens with zero attached hydrogens (tertiary/aromatic N) is 2. The van der Waals surface area contributed by atoms with Gasteiger partial charge in [0, 0.05) is 36.3 Å². The molecule has 3 nitrogen and oxygen atoms in total. The molecule has 1 atom stereocenters. The molecule has 2 heterocycles. The summed E-state index contributed by atoms with van der Waals surface area (Å²) in [7, 11) is 0. The number of halogens is 2. The quantitative estimate of drug-likeness (QED) is 0.859. The Balaban J connectivity index is 0.00000112. The van der Waals surface area contributed by atoms with Gasteiger partial charge in [-0.2, -0.15) is 0 Å². The van der Waals surface area contributed by atoms with Crippen molar-refractivity contribution in [3.63, 3.8) is 0 Å². The molecule has 1 aromatic rings. The summed E-state index contributed by atoms with van der Waals surface area (Å²) < 4.78 is 1.03. The van der Waals surface area contributed by atoms with Gasteiger partial charge in [-0.25, -0.2) is 4.98 Å². The number of rotatable bonds is 1. The van der Waals surface area contributed by atoms with Gasteiger partial charge in [-0.1, -0.05) is 0 Å². The molecule has 15 heavy (non-hydrogen) atoms. The van der Waals surface area contributed by atoms with Gasteiger partial charge in [-0.05, 0) is 35.0 Å². The zero-order chi connectivity index (χ0) is 9.97. The summed E-state index contributed by atoms with van der Waals surface area (Å²) in [5.41, 5.74) is 0.